The molecule has 0 radical (unpaired) electrons. The van der Waals surface area contributed by atoms with E-state index in [1.54, 1.807) is 0 Å². The standard InChI is InChI=1S/C9H16N2O3/c1-2-10-9(14)11-7(5-8(12)13)6-3-4-6/h6-7H,2-5H2,1H3,(H,12,13)(H2,10,11,14). The number of urea groups is 1. The smallest absolute Gasteiger partial charge is 0.315 e. The summed E-state index contributed by atoms with van der Waals surface area (Å²) < 4.78 is 0. The molecule has 0 heterocycles. The van der Waals surface area contributed by atoms with Gasteiger partial charge in [0.1, 0.15) is 0 Å². The van der Waals surface area contributed by atoms with Gasteiger partial charge in [0.05, 0.1) is 6.42 Å². The number of carboxylic acids is 1. The third kappa shape index (κ3) is 3.64. The molecule has 1 atom stereocenters. The lowest BCUT2D eigenvalue weighted by Crippen LogP contribution is -2.44. The van der Waals surface area contributed by atoms with Crippen LogP contribution in [0.15, 0.2) is 0 Å². The first kappa shape index (κ1) is 10.8. The van der Waals surface area contributed by atoms with Crippen LogP contribution in [0.5, 0.6) is 0 Å². The average Bonchev–Trinajstić information content (AvgIpc) is 2.84. The third-order valence-corrected chi connectivity index (χ3v) is 2.24. The molecule has 0 aromatic heterocycles. The molecule has 1 unspecified atom stereocenters. The molecule has 1 saturated carbocycles. The van der Waals surface area contributed by atoms with Crippen LogP contribution in [0.1, 0.15) is 26.2 Å². The lowest BCUT2D eigenvalue weighted by atomic mass is 10.1. The second kappa shape index (κ2) is 4.83. The van der Waals surface area contributed by atoms with Crippen molar-refractivity contribution in [1.82, 2.24) is 10.6 Å². The van der Waals surface area contributed by atoms with Crippen LogP contribution in [0, 0.1) is 5.92 Å². The summed E-state index contributed by atoms with van der Waals surface area (Å²) in [7, 11) is 0. The zero-order valence-corrected chi connectivity index (χ0v) is 8.25. The molecule has 0 spiro atoms. The molecule has 0 aliphatic heterocycles. The molecule has 1 fully saturated rings. The molecule has 3 N–H and O–H groups in total. The van der Waals surface area contributed by atoms with E-state index in [1.165, 1.54) is 0 Å². The molecule has 0 aromatic carbocycles. The van der Waals surface area contributed by atoms with Gasteiger partial charge in [-0.15, -0.1) is 0 Å². The van der Waals surface area contributed by atoms with Gasteiger partial charge in [-0.3, -0.25) is 4.79 Å². The van der Waals surface area contributed by atoms with E-state index in [1.807, 2.05) is 6.92 Å². The summed E-state index contributed by atoms with van der Waals surface area (Å²) in [6.07, 6.45) is 2.05. The minimum absolute atomic E-state index is 0.0157. The van der Waals surface area contributed by atoms with Crippen LogP contribution in [0.3, 0.4) is 0 Å². The van der Waals surface area contributed by atoms with Crippen molar-refractivity contribution in [3.8, 4) is 0 Å². The number of carboxylic acid groups (broad SMARTS) is 1. The highest BCUT2D eigenvalue weighted by atomic mass is 16.4. The first-order chi connectivity index (χ1) is 6.63. The number of hydrogen-bond acceptors (Lipinski definition) is 2. The van der Waals surface area contributed by atoms with Crippen molar-refractivity contribution in [3.63, 3.8) is 0 Å². The molecule has 14 heavy (non-hydrogen) atoms. The summed E-state index contributed by atoms with van der Waals surface area (Å²) in [6.45, 7) is 2.37. The van der Waals surface area contributed by atoms with Crippen molar-refractivity contribution < 1.29 is 14.7 Å². The molecule has 80 valence electrons. The van der Waals surface area contributed by atoms with Crippen molar-refractivity contribution in [1.29, 1.82) is 0 Å². The molecule has 5 nitrogen and oxygen atoms in total. The summed E-state index contributed by atoms with van der Waals surface area (Å²) in [5, 5.41) is 13.9. The summed E-state index contributed by atoms with van der Waals surface area (Å²) in [5.74, 6) is -0.507. The Bertz CT molecular complexity index is 226. The largest absolute Gasteiger partial charge is 0.481 e. The zero-order valence-electron chi connectivity index (χ0n) is 8.25. The highest BCUT2D eigenvalue weighted by Gasteiger charge is 2.33. The Morgan fingerprint density at radius 2 is 2.14 bits per heavy atom. The lowest BCUT2D eigenvalue weighted by molar-refractivity contribution is -0.137. The van der Waals surface area contributed by atoms with Gasteiger partial charge in [0, 0.05) is 12.6 Å². The zero-order chi connectivity index (χ0) is 10.6. The van der Waals surface area contributed by atoms with E-state index in [0.29, 0.717) is 12.5 Å². The van der Waals surface area contributed by atoms with E-state index >= 15 is 0 Å². The molecule has 5 heteroatoms. The van der Waals surface area contributed by atoms with Crippen LogP contribution in [0.2, 0.25) is 0 Å². The fourth-order valence-electron chi connectivity index (χ4n) is 1.40. The van der Waals surface area contributed by atoms with E-state index in [4.69, 9.17) is 5.11 Å². The van der Waals surface area contributed by atoms with Crippen molar-refractivity contribution in [2.45, 2.75) is 32.2 Å². The van der Waals surface area contributed by atoms with Gasteiger partial charge in [-0.05, 0) is 25.7 Å². The van der Waals surface area contributed by atoms with Gasteiger partial charge in [0.2, 0.25) is 0 Å². The van der Waals surface area contributed by atoms with Gasteiger partial charge >= 0.3 is 12.0 Å². The van der Waals surface area contributed by atoms with Crippen LogP contribution >= 0.6 is 0 Å². The molecule has 1 rings (SSSR count). The van der Waals surface area contributed by atoms with Crippen LogP contribution in [-0.4, -0.2) is 29.7 Å². The first-order valence-electron chi connectivity index (χ1n) is 4.89. The monoisotopic (exact) mass is 200 g/mol. The number of amides is 2. The molecule has 0 aromatic rings. The number of carbonyl (C=O) groups is 2. The minimum atomic E-state index is -0.862. The van der Waals surface area contributed by atoms with Gasteiger partial charge in [0.25, 0.3) is 0 Å². The topological polar surface area (TPSA) is 78.4 Å². The highest BCUT2D eigenvalue weighted by molar-refractivity contribution is 5.75. The Hall–Kier alpha value is -1.26. The molecule has 2 amide bonds. The predicted octanol–water partition coefficient (Wildman–Crippen LogP) is 0.559. The van der Waals surface area contributed by atoms with E-state index < -0.39 is 5.97 Å². The molecule has 1 aliphatic rings. The Kier molecular flexibility index (Phi) is 3.73. The van der Waals surface area contributed by atoms with Gasteiger partial charge in [-0.25, -0.2) is 4.79 Å². The number of nitrogens with one attached hydrogen (secondary N) is 2. The van der Waals surface area contributed by atoms with Gasteiger partial charge in [-0.1, -0.05) is 0 Å². The minimum Gasteiger partial charge on any atom is -0.481 e. The second-order valence-corrected chi connectivity index (χ2v) is 3.55. The summed E-state index contributed by atoms with van der Waals surface area (Å²) in [4.78, 5) is 21.7. The van der Waals surface area contributed by atoms with E-state index in [0.717, 1.165) is 12.8 Å². The van der Waals surface area contributed by atoms with Gasteiger partial charge in [0.15, 0.2) is 0 Å². The Labute approximate surface area is 82.9 Å². The molecule has 0 saturated heterocycles. The van der Waals surface area contributed by atoms with Crippen molar-refractivity contribution in [3.05, 3.63) is 0 Å². The van der Waals surface area contributed by atoms with Gasteiger partial charge in [-0.2, -0.15) is 0 Å². The quantitative estimate of drug-likeness (QED) is 0.606. The fraction of sp³-hybridized carbons (Fsp3) is 0.778. The van der Waals surface area contributed by atoms with Crippen molar-refractivity contribution >= 4 is 12.0 Å². The summed E-state index contributed by atoms with van der Waals surface area (Å²) in [6, 6.07) is -0.482. The molecular formula is C9H16N2O3. The maximum Gasteiger partial charge on any atom is 0.315 e. The molecular weight excluding hydrogens is 184 g/mol. The van der Waals surface area contributed by atoms with Gasteiger partial charge < -0.3 is 15.7 Å². The Morgan fingerprint density at radius 1 is 1.50 bits per heavy atom. The van der Waals surface area contributed by atoms with Crippen LogP contribution < -0.4 is 10.6 Å². The number of carbonyl (C=O) groups excluding carboxylic acids is 1. The molecule has 1 aliphatic carbocycles. The maximum absolute atomic E-state index is 11.2. The van der Waals surface area contributed by atoms with Crippen molar-refractivity contribution in [2.75, 3.05) is 6.54 Å². The Morgan fingerprint density at radius 3 is 2.57 bits per heavy atom. The van der Waals surface area contributed by atoms with Crippen molar-refractivity contribution in [2.24, 2.45) is 5.92 Å². The van der Waals surface area contributed by atoms with E-state index in [2.05, 4.69) is 10.6 Å². The van der Waals surface area contributed by atoms with Crippen LogP contribution in [0.25, 0.3) is 0 Å². The van der Waals surface area contributed by atoms with E-state index in [-0.39, 0.29) is 18.5 Å². The van der Waals surface area contributed by atoms with Crippen LogP contribution in [0.4, 0.5) is 4.79 Å². The highest BCUT2D eigenvalue weighted by Crippen LogP contribution is 2.33. The summed E-state index contributed by atoms with van der Waals surface area (Å²) in [5.41, 5.74) is 0. The average molecular weight is 200 g/mol. The fourth-order valence-corrected chi connectivity index (χ4v) is 1.40. The van der Waals surface area contributed by atoms with Crippen LogP contribution in [-0.2, 0) is 4.79 Å². The van der Waals surface area contributed by atoms with E-state index in [9.17, 15) is 9.59 Å². The first-order valence-corrected chi connectivity index (χ1v) is 4.89. The Balaban J connectivity index is 2.34. The normalized spacial score (nSPS) is 17.2. The lowest BCUT2D eigenvalue weighted by Gasteiger charge is -2.16. The summed E-state index contributed by atoms with van der Waals surface area (Å²) >= 11 is 0. The third-order valence-electron chi connectivity index (χ3n) is 2.24. The SMILES string of the molecule is CCNC(=O)NC(CC(=O)O)C1CC1. The molecule has 0 bridgehead atoms. The second-order valence-electron chi connectivity index (χ2n) is 3.55. The maximum atomic E-state index is 11.2. The number of aliphatic carboxylic acids is 1. The number of hydrogen-bond donors (Lipinski definition) is 3. The number of rotatable bonds is 5. The predicted molar refractivity (Wildman–Crippen MR) is 51.0 cm³/mol.